The molecule has 0 radical (unpaired) electrons. The summed E-state index contributed by atoms with van der Waals surface area (Å²) >= 11 is 6.67. The van der Waals surface area contributed by atoms with E-state index in [1.54, 1.807) is 30.3 Å². The molecule has 3 rings (SSSR count). The molecule has 0 unspecified atom stereocenters. The van der Waals surface area contributed by atoms with Crippen LogP contribution in [0.15, 0.2) is 47.4 Å². The van der Waals surface area contributed by atoms with E-state index in [1.165, 1.54) is 0 Å². The molecule has 0 saturated carbocycles. The van der Waals surface area contributed by atoms with Crippen LogP contribution >= 0.6 is 23.4 Å². The fourth-order valence-electron chi connectivity index (χ4n) is 2.64. The summed E-state index contributed by atoms with van der Waals surface area (Å²) in [7, 11) is 0. The van der Waals surface area contributed by atoms with Crippen LogP contribution in [-0.4, -0.2) is 28.4 Å². The van der Waals surface area contributed by atoms with Crippen molar-refractivity contribution in [3.05, 3.63) is 74.6 Å². The zero-order valence-corrected chi connectivity index (χ0v) is 15.9. The van der Waals surface area contributed by atoms with Gasteiger partial charge in [-0.1, -0.05) is 35.4 Å². The molecule has 1 aliphatic rings. The lowest BCUT2D eigenvalue weighted by Crippen LogP contribution is -2.33. The molecule has 0 spiro atoms. The number of carbonyl (C=O) groups is 3. The monoisotopic (exact) mass is 385 g/mol. The average Bonchev–Trinajstić information content (AvgIpc) is 2.85. The van der Waals surface area contributed by atoms with Crippen molar-refractivity contribution in [2.45, 2.75) is 13.8 Å². The van der Waals surface area contributed by atoms with Gasteiger partial charge in [-0.15, -0.1) is 0 Å². The van der Waals surface area contributed by atoms with Gasteiger partial charge >= 0.3 is 0 Å². The Morgan fingerprint density at radius 1 is 1.12 bits per heavy atom. The van der Waals surface area contributed by atoms with E-state index in [9.17, 15) is 14.4 Å². The Balaban J connectivity index is 1.79. The summed E-state index contributed by atoms with van der Waals surface area (Å²) in [6.45, 7) is 3.66. The van der Waals surface area contributed by atoms with Crippen LogP contribution in [0.2, 0.25) is 5.02 Å². The van der Waals surface area contributed by atoms with Crippen LogP contribution in [-0.2, 0) is 4.79 Å². The Labute approximate surface area is 160 Å². The Morgan fingerprint density at radius 2 is 1.81 bits per heavy atom. The second kappa shape index (κ2) is 7.48. The summed E-state index contributed by atoms with van der Waals surface area (Å²) in [5, 5.41) is 0.0810. The number of halogens is 1. The van der Waals surface area contributed by atoms with Gasteiger partial charge in [0.15, 0.2) is 5.78 Å². The molecule has 0 aliphatic carbocycles. The molecule has 0 atom stereocenters. The number of thioether (sulfide) groups is 1. The normalized spacial score (nSPS) is 15.8. The Hall–Kier alpha value is -2.37. The van der Waals surface area contributed by atoms with E-state index in [0.29, 0.717) is 15.5 Å². The average molecular weight is 386 g/mol. The highest BCUT2D eigenvalue weighted by Gasteiger charge is 2.36. The second-order valence-electron chi connectivity index (χ2n) is 6.06. The first kappa shape index (κ1) is 18.4. The molecule has 4 nitrogen and oxygen atoms in total. The summed E-state index contributed by atoms with van der Waals surface area (Å²) in [5.41, 5.74) is 3.44. The van der Waals surface area contributed by atoms with Crippen LogP contribution in [0.3, 0.4) is 0 Å². The first-order valence-corrected chi connectivity index (χ1v) is 9.16. The topological polar surface area (TPSA) is 54.5 Å². The molecule has 2 amide bonds. The first-order valence-electron chi connectivity index (χ1n) is 7.96. The van der Waals surface area contributed by atoms with Gasteiger partial charge < -0.3 is 0 Å². The molecule has 1 fully saturated rings. The van der Waals surface area contributed by atoms with Gasteiger partial charge in [0.05, 0.1) is 11.4 Å². The number of Topliss-reactive ketones (excluding diaryl/α,β-unsaturated/α-hetero) is 1. The molecule has 1 saturated heterocycles. The molecule has 0 N–H and O–H groups in total. The lowest BCUT2D eigenvalue weighted by atomic mass is 10.1. The molecule has 2 aromatic rings. The van der Waals surface area contributed by atoms with E-state index in [-0.39, 0.29) is 12.3 Å². The zero-order valence-electron chi connectivity index (χ0n) is 14.3. The number of rotatable bonds is 4. The predicted molar refractivity (Wildman–Crippen MR) is 104 cm³/mol. The second-order valence-corrected chi connectivity index (χ2v) is 7.49. The minimum Gasteiger partial charge on any atom is -0.292 e. The van der Waals surface area contributed by atoms with Crippen molar-refractivity contribution in [3.63, 3.8) is 0 Å². The number of hydrogen-bond acceptors (Lipinski definition) is 4. The molecule has 2 aromatic carbocycles. The van der Waals surface area contributed by atoms with E-state index < -0.39 is 11.1 Å². The van der Waals surface area contributed by atoms with Crippen molar-refractivity contribution >= 4 is 46.4 Å². The molecule has 1 aliphatic heterocycles. The number of hydrogen-bond donors (Lipinski definition) is 0. The third-order valence-electron chi connectivity index (χ3n) is 4.05. The molecule has 0 aromatic heterocycles. The summed E-state index contributed by atoms with van der Waals surface area (Å²) in [4.78, 5) is 38.4. The van der Waals surface area contributed by atoms with Crippen molar-refractivity contribution in [3.8, 4) is 0 Å². The van der Waals surface area contributed by atoms with Crippen molar-refractivity contribution in [1.29, 1.82) is 0 Å². The lowest BCUT2D eigenvalue weighted by Gasteiger charge is -2.11. The Morgan fingerprint density at radius 3 is 2.46 bits per heavy atom. The standard InChI is InChI=1S/C20H16ClNO3S/c1-12-3-4-15(13(2)9-12)10-18-19(24)22(20(25)26-18)11-17(23)14-5-7-16(21)8-6-14/h3-10H,11H2,1-2H3/b18-10-. The zero-order chi connectivity index (χ0) is 18.8. The summed E-state index contributed by atoms with van der Waals surface area (Å²) in [6, 6.07) is 12.2. The van der Waals surface area contributed by atoms with E-state index in [0.717, 1.165) is 33.4 Å². The van der Waals surface area contributed by atoms with Crippen LogP contribution in [0.25, 0.3) is 6.08 Å². The number of ketones is 1. The van der Waals surface area contributed by atoms with Gasteiger partial charge in [-0.25, -0.2) is 0 Å². The van der Waals surface area contributed by atoms with Gasteiger partial charge in [0.25, 0.3) is 11.1 Å². The molecule has 0 bridgehead atoms. The molecule has 6 heteroatoms. The largest absolute Gasteiger partial charge is 0.293 e. The van der Waals surface area contributed by atoms with Crippen LogP contribution in [0, 0.1) is 13.8 Å². The SMILES string of the molecule is Cc1ccc(/C=C2\SC(=O)N(CC(=O)c3ccc(Cl)cc3)C2=O)c(C)c1. The quantitative estimate of drug-likeness (QED) is 0.556. The van der Waals surface area contributed by atoms with Gasteiger partial charge in [-0.2, -0.15) is 0 Å². The number of nitrogens with zero attached hydrogens (tertiary/aromatic N) is 1. The predicted octanol–water partition coefficient (Wildman–Crippen LogP) is 4.88. The summed E-state index contributed by atoms with van der Waals surface area (Å²) < 4.78 is 0. The summed E-state index contributed by atoms with van der Waals surface area (Å²) in [5.74, 6) is -0.751. The smallest absolute Gasteiger partial charge is 0.292 e. The molecule has 132 valence electrons. The van der Waals surface area contributed by atoms with E-state index >= 15 is 0 Å². The molecular formula is C20H16ClNO3S. The van der Waals surface area contributed by atoms with Gasteiger partial charge in [-0.3, -0.25) is 19.3 Å². The maximum absolute atomic E-state index is 12.6. The summed E-state index contributed by atoms with van der Waals surface area (Å²) in [6.07, 6.45) is 1.70. The van der Waals surface area contributed by atoms with Crippen LogP contribution < -0.4 is 0 Å². The Kier molecular flexibility index (Phi) is 5.30. The van der Waals surface area contributed by atoms with Crippen molar-refractivity contribution in [2.75, 3.05) is 6.54 Å². The lowest BCUT2D eigenvalue weighted by molar-refractivity contribution is -0.122. The maximum atomic E-state index is 12.6. The maximum Gasteiger partial charge on any atom is 0.293 e. The Bertz CT molecular complexity index is 935. The number of imide groups is 1. The number of aryl methyl sites for hydroxylation is 2. The van der Waals surface area contributed by atoms with E-state index in [4.69, 9.17) is 11.6 Å². The van der Waals surface area contributed by atoms with Crippen LogP contribution in [0.4, 0.5) is 4.79 Å². The van der Waals surface area contributed by atoms with Crippen LogP contribution in [0.5, 0.6) is 0 Å². The number of amides is 2. The highest BCUT2D eigenvalue weighted by Crippen LogP contribution is 2.33. The minimum absolute atomic E-state index is 0.281. The van der Waals surface area contributed by atoms with Crippen molar-refractivity contribution in [1.82, 2.24) is 4.90 Å². The third-order valence-corrected chi connectivity index (χ3v) is 5.21. The van der Waals surface area contributed by atoms with Crippen LogP contribution in [0.1, 0.15) is 27.0 Å². The molecule has 26 heavy (non-hydrogen) atoms. The van der Waals surface area contributed by atoms with Gasteiger partial charge in [0.2, 0.25) is 0 Å². The first-order chi connectivity index (χ1) is 12.3. The van der Waals surface area contributed by atoms with Gasteiger partial charge in [0, 0.05) is 10.6 Å². The highest BCUT2D eigenvalue weighted by molar-refractivity contribution is 8.18. The fraction of sp³-hybridized carbons (Fsp3) is 0.150. The van der Waals surface area contributed by atoms with E-state index in [2.05, 4.69) is 0 Å². The number of carbonyl (C=O) groups excluding carboxylic acids is 3. The minimum atomic E-state index is -0.442. The fourth-order valence-corrected chi connectivity index (χ4v) is 3.59. The van der Waals surface area contributed by atoms with Crippen molar-refractivity contribution < 1.29 is 14.4 Å². The van der Waals surface area contributed by atoms with Gasteiger partial charge in [-0.05, 0) is 67.1 Å². The van der Waals surface area contributed by atoms with E-state index in [1.807, 2.05) is 32.0 Å². The molecular weight excluding hydrogens is 370 g/mol. The van der Waals surface area contributed by atoms with Gasteiger partial charge in [0.1, 0.15) is 0 Å². The third kappa shape index (κ3) is 3.89. The number of benzene rings is 2. The van der Waals surface area contributed by atoms with Crippen molar-refractivity contribution in [2.24, 2.45) is 0 Å². The molecule has 1 heterocycles. The highest BCUT2D eigenvalue weighted by atomic mass is 35.5.